The molecule has 118 valence electrons. The third-order valence-electron chi connectivity index (χ3n) is 2.91. The van der Waals surface area contributed by atoms with Gasteiger partial charge in [-0.3, -0.25) is 4.79 Å². The smallest absolute Gasteiger partial charge is 0.338 e. The first-order valence-electron chi connectivity index (χ1n) is 6.47. The number of nitrogens with two attached hydrogens (primary N) is 1. The van der Waals surface area contributed by atoms with Gasteiger partial charge in [0.25, 0.3) is 5.91 Å². The number of carbonyl (C=O) groups excluding carboxylic acids is 2. The SMILES string of the molecule is CC(OC(=O)c1ccc(Cl)c(N)c1)C(=O)Nc1sccc1C#N. The molecule has 1 heterocycles. The molecule has 0 aliphatic heterocycles. The second-order valence-corrected chi connectivity index (χ2v) is 5.87. The number of nitrogens with zero attached hydrogens (tertiary/aromatic N) is 1. The van der Waals surface area contributed by atoms with Gasteiger partial charge < -0.3 is 15.8 Å². The van der Waals surface area contributed by atoms with E-state index in [2.05, 4.69) is 5.32 Å². The van der Waals surface area contributed by atoms with Crippen LogP contribution in [-0.4, -0.2) is 18.0 Å². The topological polar surface area (TPSA) is 105 Å². The molecule has 6 nitrogen and oxygen atoms in total. The predicted octanol–water partition coefficient (Wildman–Crippen LogP) is 3.04. The van der Waals surface area contributed by atoms with E-state index >= 15 is 0 Å². The zero-order valence-electron chi connectivity index (χ0n) is 12.0. The summed E-state index contributed by atoms with van der Waals surface area (Å²) >= 11 is 7.00. The summed E-state index contributed by atoms with van der Waals surface area (Å²) in [6, 6.07) is 7.86. The number of amides is 1. The molecule has 3 N–H and O–H groups in total. The molecule has 0 fully saturated rings. The Morgan fingerprint density at radius 1 is 1.43 bits per heavy atom. The molecule has 0 aliphatic carbocycles. The largest absolute Gasteiger partial charge is 0.449 e. The van der Waals surface area contributed by atoms with E-state index in [1.54, 1.807) is 11.4 Å². The Bertz CT molecular complexity index is 798. The molecule has 8 heteroatoms. The van der Waals surface area contributed by atoms with E-state index in [-0.39, 0.29) is 11.3 Å². The average molecular weight is 350 g/mol. The van der Waals surface area contributed by atoms with Crippen molar-refractivity contribution >= 4 is 45.5 Å². The first-order chi connectivity index (χ1) is 10.9. The van der Waals surface area contributed by atoms with Crippen molar-refractivity contribution in [2.45, 2.75) is 13.0 Å². The third kappa shape index (κ3) is 4.00. The van der Waals surface area contributed by atoms with Gasteiger partial charge in [-0.15, -0.1) is 11.3 Å². The zero-order chi connectivity index (χ0) is 17.0. The number of ether oxygens (including phenoxy) is 1. The summed E-state index contributed by atoms with van der Waals surface area (Å²) in [5.41, 5.74) is 6.42. The fraction of sp³-hybridized carbons (Fsp3) is 0.133. The molecule has 0 radical (unpaired) electrons. The van der Waals surface area contributed by atoms with E-state index in [1.807, 2.05) is 6.07 Å². The highest BCUT2D eigenvalue weighted by molar-refractivity contribution is 7.14. The standard InChI is InChI=1S/C15H12ClN3O3S/c1-8(13(20)19-14-10(7-17)4-5-23-14)22-15(21)9-2-3-11(16)12(18)6-9/h2-6,8H,18H2,1H3,(H,19,20). The van der Waals surface area contributed by atoms with Crippen LogP contribution < -0.4 is 11.1 Å². The summed E-state index contributed by atoms with van der Waals surface area (Å²) in [5, 5.41) is 13.9. The molecule has 0 spiro atoms. The van der Waals surface area contributed by atoms with Gasteiger partial charge in [0.05, 0.1) is 21.8 Å². The van der Waals surface area contributed by atoms with Gasteiger partial charge in [0.15, 0.2) is 6.10 Å². The van der Waals surface area contributed by atoms with E-state index in [4.69, 9.17) is 27.3 Å². The van der Waals surface area contributed by atoms with Gasteiger partial charge in [-0.25, -0.2) is 4.79 Å². The molecule has 1 amide bonds. The van der Waals surface area contributed by atoms with Crippen molar-refractivity contribution in [3.05, 3.63) is 45.8 Å². The summed E-state index contributed by atoms with van der Waals surface area (Å²) in [4.78, 5) is 24.0. The monoisotopic (exact) mass is 349 g/mol. The number of nitrogen functional groups attached to an aromatic ring is 1. The maximum Gasteiger partial charge on any atom is 0.338 e. The van der Waals surface area contributed by atoms with Gasteiger partial charge in [-0.05, 0) is 36.6 Å². The number of nitrogens with one attached hydrogen (secondary N) is 1. The average Bonchev–Trinajstić information content (AvgIpc) is 2.96. The number of nitriles is 1. The Kier molecular flexibility index (Phi) is 5.21. The zero-order valence-corrected chi connectivity index (χ0v) is 13.6. The van der Waals surface area contributed by atoms with Crippen molar-refractivity contribution in [3.8, 4) is 6.07 Å². The number of benzene rings is 1. The van der Waals surface area contributed by atoms with Crippen LogP contribution in [0.3, 0.4) is 0 Å². The molecule has 1 aromatic carbocycles. The van der Waals surface area contributed by atoms with Gasteiger partial charge in [-0.1, -0.05) is 11.6 Å². The van der Waals surface area contributed by atoms with Crippen LogP contribution in [0.5, 0.6) is 0 Å². The molecule has 0 saturated carbocycles. The van der Waals surface area contributed by atoms with Crippen LogP contribution in [0, 0.1) is 11.3 Å². The second kappa shape index (κ2) is 7.13. The minimum atomic E-state index is -1.03. The highest BCUT2D eigenvalue weighted by Gasteiger charge is 2.20. The summed E-state index contributed by atoms with van der Waals surface area (Å²) in [6.45, 7) is 1.44. The van der Waals surface area contributed by atoms with E-state index in [0.29, 0.717) is 15.6 Å². The van der Waals surface area contributed by atoms with Gasteiger partial charge >= 0.3 is 5.97 Å². The van der Waals surface area contributed by atoms with Crippen LogP contribution in [0.1, 0.15) is 22.8 Å². The lowest BCUT2D eigenvalue weighted by molar-refractivity contribution is -0.123. The van der Waals surface area contributed by atoms with Gasteiger partial charge in [0, 0.05) is 0 Å². The number of hydrogen-bond donors (Lipinski definition) is 2. The van der Waals surface area contributed by atoms with Gasteiger partial charge in [0.1, 0.15) is 11.1 Å². The first kappa shape index (κ1) is 16.8. The highest BCUT2D eigenvalue weighted by Crippen LogP contribution is 2.23. The summed E-state index contributed by atoms with van der Waals surface area (Å²) in [5.74, 6) is -1.22. The van der Waals surface area contributed by atoms with Gasteiger partial charge in [0.2, 0.25) is 0 Å². The normalized spacial score (nSPS) is 11.3. The van der Waals surface area contributed by atoms with Crippen molar-refractivity contribution in [1.29, 1.82) is 5.26 Å². The van der Waals surface area contributed by atoms with Crippen LogP contribution in [-0.2, 0) is 9.53 Å². The van der Waals surface area contributed by atoms with Crippen LogP contribution >= 0.6 is 22.9 Å². The molecule has 1 unspecified atom stereocenters. The fourth-order valence-electron chi connectivity index (χ4n) is 1.66. The summed E-state index contributed by atoms with van der Waals surface area (Å²) in [6.07, 6.45) is -1.03. The lowest BCUT2D eigenvalue weighted by atomic mass is 10.2. The molecule has 1 atom stereocenters. The van der Waals surface area contributed by atoms with Crippen LogP contribution in [0.2, 0.25) is 5.02 Å². The molecule has 2 rings (SSSR count). The Morgan fingerprint density at radius 2 is 2.17 bits per heavy atom. The Balaban J connectivity index is 2.01. The molecular weight excluding hydrogens is 338 g/mol. The Labute approximate surface area is 141 Å². The maximum atomic E-state index is 12.0. The van der Waals surface area contributed by atoms with Crippen molar-refractivity contribution in [3.63, 3.8) is 0 Å². The lowest BCUT2D eigenvalue weighted by Crippen LogP contribution is -2.30. The Morgan fingerprint density at radius 3 is 2.83 bits per heavy atom. The fourth-order valence-corrected chi connectivity index (χ4v) is 2.52. The van der Waals surface area contributed by atoms with Crippen LogP contribution in [0.25, 0.3) is 0 Å². The minimum Gasteiger partial charge on any atom is -0.449 e. The van der Waals surface area contributed by atoms with Crippen LogP contribution in [0.4, 0.5) is 10.7 Å². The van der Waals surface area contributed by atoms with Crippen molar-refractivity contribution < 1.29 is 14.3 Å². The molecule has 1 aromatic heterocycles. The highest BCUT2D eigenvalue weighted by atomic mass is 35.5. The molecule has 2 aromatic rings. The number of halogens is 1. The molecule has 0 bridgehead atoms. The van der Waals surface area contributed by atoms with Gasteiger partial charge in [-0.2, -0.15) is 5.26 Å². The summed E-state index contributed by atoms with van der Waals surface area (Å²) < 4.78 is 5.09. The number of esters is 1. The Hall–Kier alpha value is -2.56. The van der Waals surface area contributed by atoms with E-state index in [1.165, 1.54) is 36.5 Å². The van der Waals surface area contributed by atoms with Crippen molar-refractivity contribution in [2.24, 2.45) is 0 Å². The molecular formula is C15H12ClN3O3S. The minimum absolute atomic E-state index is 0.195. The van der Waals surface area contributed by atoms with E-state index in [0.717, 1.165) is 0 Å². The number of carbonyl (C=O) groups is 2. The van der Waals surface area contributed by atoms with E-state index in [9.17, 15) is 9.59 Å². The molecule has 0 saturated heterocycles. The van der Waals surface area contributed by atoms with Crippen molar-refractivity contribution in [2.75, 3.05) is 11.1 Å². The number of anilines is 2. The first-order valence-corrected chi connectivity index (χ1v) is 7.72. The number of hydrogen-bond acceptors (Lipinski definition) is 6. The summed E-state index contributed by atoms with van der Waals surface area (Å²) in [7, 11) is 0. The van der Waals surface area contributed by atoms with Crippen LogP contribution in [0.15, 0.2) is 29.6 Å². The maximum absolute atomic E-state index is 12.0. The lowest BCUT2D eigenvalue weighted by Gasteiger charge is -2.13. The number of rotatable bonds is 4. The molecule has 0 aliphatic rings. The quantitative estimate of drug-likeness (QED) is 0.652. The predicted molar refractivity (Wildman–Crippen MR) is 88.4 cm³/mol. The second-order valence-electron chi connectivity index (χ2n) is 4.55. The third-order valence-corrected chi connectivity index (χ3v) is 4.08. The van der Waals surface area contributed by atoms with E-state index < -0.39 is 18.0 Å². The number of thiophene rings is 1. The van der Waals surface area contributed by atoms with Crippen molar-refractivity contribution in [1.82, 2.24) is 0 Å². The molecule has 23 heavy (non-hydrogen) atoms.